The van der Waals surface area contributed by atoms with Gasteiger partial charge < -0.3 is 14.6 Å². The summed E-state index contributed by atoms with van der Waals surface area (Å²) in [5, 5.41) is 4.03. The van der Waals surface area contributed by atoms with Gasteiger partial charge in [0.25, 0.3) is 5.91 Å². The number of ether oxygens (including phenoxy) is 1. The highest BCUT2D eigenvalue weighted by Crippen LogP contribution is 2.34. The van der Waals surface area contributed by atoms with Crippen LogP contribution in [0.4, 0.5) is 5.69 Å². The molecule has 1 aliphatic rings. The van der Waals surface area contributed by atoms with E-state index in [4.69, 9.17) is 27.9 Å². The molecule has 27 heavy (non-hydrogen) atoms. The first-order valence-electron chi connectivity index (χ1n) is 8.30. The number of carbonyl (C=O) groups is 1. The molecule has 1 amide bonds. The molecule has 0 spiro atoms. The molecule has 1 saturated heterocycles. The fraction of sp³-hybridized carbons (Fsp3) is 0.263. The molecule has 0 saturated carbocycles. The maximum absolute atomic E-state index is 12.3. The molecule has 8 heteroatoms. The van der Waals surface area contributed by atoms with E-state index in [0.717, 1.165) is 23.5 Å². The Morgan fingerprint density at radius 1 is 1.33 bits per heavy atom. The van der Waals surface area contributed by atoms with Crippen LogP contribution in [0, 0.1) is 13.8 Å². The number of amides is 1. The molecular weight excluding hydrogens is 405 g/mol. The summed E-state index contributed by atoms with van der Waals surface area (Å²) in [4.78, 5) is 17.3. The Labute approximate surface area is 172 Å². The highest BCUT2D eigenvalue weighted by Gasteiger charge is 2.25. The normalized spacial score (nSPS) is 17.1. The molecule has 0 atom stereocenters. The van der Waals surface area contributed by atoms with Crippen molar-refractivity contribution >= 4 is 57.8 Å². The average molecular weight is 424 g/mol. The summed E-state index contributed by atoms with van der Waals surface area (Å²) in [5.41, 5.74) is 3.74. The van der Waals surface area contributed by atoms with Crippen LogP contribution >= 0.6 is 35.0 Å². The van der Waals surface area contributed by atoms with Gasteiger partial charge in [-0.2, -0.15) is 0 Å². The van der Waals surface area contributed by atoms with Crippen molar-refractivity contribution in [2.75, 3.05) is 13.7 Å². The predicted molar refractivity (Wildman–Crippen MR) is 113 cm³/mol. The number of aryl methyl sites for hydroxylation is 1. The van der Waals surface area contributed by atoms with E-state index in [1.807, 2.05) is 19.9 Å². The lowest BCUT2D eigenvalue weighted by molar-refractivity contribution is -0.115. The number of amidine groups is 1. The van der Waals surface area contributed by atoms with Crippen molar-refractivity contribution in [2.45, 2.75) is 20.4 Å². The number of aromatic nitrogens is 1. The number of nitrogens with one attached hydrogen (secondary N) is 1. The number of methoxy groups -OCH3 is 1. The smallest absolute Gasteiger partial charge is 0.264 e. The Balaban J connectivity index is 1.86. The Morgan fingerprint density at radius 2 is 2.11 bits per heavy atom. The summed E-state index contributed by atoms with van der Waals surface area (Å²) in [6.45, 7) is 5.49. The molecule has 0 bridgehead atoms. The second-order valence-corrected chi connectivity index (χ2v) is 7.84. The Hall–Kier alpha value is -1.73. The Bertz CT molecular complexity index is 951. The minimum absolute atomic E-state index is 0.182. The van der Waals surface area contributed by atoms with E-state index < -0.39 is 0 Å². The molecule has 1 aliphatic heterocycles. The number of hydrogen-bond donors (Lipinski definition) is 1. The van der Waals surface area contributed by atoms with Crippen LogP contribution in [0.5, 0.6) is 0 Å². The SMILES string of the molecule is COCCn1c(C)cc(/C=C2/SC(=Nc3cccc(Cl)c3Cl)NC2=O)c1C. The maximum atomic E-state index is 12.3. The third-order valence-electron chi connectivity index (χ3n) is 4.22. The van der Waals surface area contributed by atoms with E-state index in [0.29, 0.717) is 32.4 Å². The van der Waals surface area contributed by atoms with Crippen molar-refractivity contribution in [3.8, 4) is 0 Å². The van der Waals surface area contributed by atoms with Crippen LogP contribution in [0.3, 0.4) is 0 Å². The van der Waals surface area contributed by atoms with E-state index in [9.17, 15) is 4.79 Å². The first-order chi connectivity index (χ1) is 12.9. The van der Waals surface area contributed by atoms with Crippen molar-refractivity contribution in [2.24, 2.45) is 4.99 Å². The van der Waals surface area contributed by atoms with Crippen molar-refractivity contribution in [3.63, 3.8) is 0 Å². The summed E-state index contributed by atoms with van der Waals surface area (Å²) < 4.78 is 7.34. The molecular formula is C19H19Cl2N3O2S. The van der Waals surface area contributed by atoms with Crippen molar-refractivity contribution in [3.05, 3.63) is 56.2 Å². The fourth-order valence-corrected chi connectivity index (χ4v) is 3.97. The van der Waals surface area contributed by atoms with Crippen LogP contribution < -0.4 is 5.32 Å². The molecule has 2 heterocycles. The predicted octanol–water partition coefficient (Wildman–Crippen LogP) is 4.95. The van der Waals surface area contributed by atoms with Gasteiger partial charge in [-0.25, -0.2) is 4.99 Å². The summed E-state index contributed by atoms with van der Waals surface area (Å²) in [7, 11) is 1.68. The molecule has 2 aromatic rings. The van der Waals surface area contributed by atoms with E-state index in [2.05, 4.69) is 20.9 Å². The lowest BCUT2D eigenvalue weighted by Gasteiger charge is -2.08. The quantitative estimate of drug-likeness (QED) is 0.691. The Morgan fingerprint density at radius 3 is 2.85 bits per heavy atom. The van der Waals surface area contributed by atoms with E-state index in [1.165, 1.54) is 11.8 Å². The molecule has 0 aliphatic carbocycles. The highest BCUT2D eigenvalue weighted by molar-refractivity contribution is 8.18. The first kappa shape index (κ1) is 20.0. The van der Waals surface area contributed by atoms with Gasteiger partial charge in [-0.15, -0.1) is 0 Å². The number of benzene rings is 1. The van der Waals surface area contributed by atoms with Gasteiger partial charge in [-0.1, -0.05) is 29.3 Å². The minimum Gasteiger partial charge on any atom is -0.383 e. The van der Waals surface area contributed by atoms with Crippen LogP contribution in [-0.4, -0.2) is 29.4 Å². The zero-order valence-electron chi connectivity index (χ0n) is 15.2. The third kappa shape index (κ3) is 4.41. The number of rotatable bonds is 5. The zero-order valence-corrected chi connectivity index (χ0v) is 17.5. The van der Waals surface area contributed by atoms with Gasteiger partial charge in [0.2, 0.25) is 0 Å². The van der Waals surface area contributed by atoms with Crippen LogP contribution in [0.25, 0.3) is 6.08 Å². The number of hydrogen-bond acceptors (Lipinski definition) is 4. The van der Waals surface area contributed by atoms with E-state index >= 15 is 0 Å². The summed E-state index contributed by atoms with van der Waals surface area (Å²) in [5.74, 6) is -0.182. The van der Waals surface area contributed by atoms with Gasteiger partial charge in [0, 0.05) is 25.0 Å². The lowest BCUT2D eigenvalue weighted by Crippen LogP contribution is -2.19. The van der Waals surface area contributed by atoms with Crippen molar-refractivity contribution in [1.82, 2.24) is 9.88 Å². The molecule has 1 fully saturated rings. The molecule has 0 radical (unpaired) electrons. The number of nitrogens with zero attached hydrogens (tertiary/aromatic N) is 2. The molecule has 1 aromatic carbocycles. The van der Waals surface area contributed by atoms with Gasteiger partial charge in [0.05, 0.1) is 27.2 Å². The van der Waals surface area contributed by atoms with Gasteiger partial charge >= 0.3 is 0 Å². The molecule has 142 valence electrons. The molecule has 0 unspecified atom stereocenters. The summed E-state index contributed by atoms with van der Waals surface area (Å²) >= 11 is 13.5. The van der Waals surface area contributed by atoms with Gasteiger partial charge in [-0.3, -0.25) is 4.79 Å². The van der Waals surface area contributed by atoms with Gasteiger partial charge in [-0.05, 0) is 55.4 Å². The van der Waals surface area contributed by atoms with Gasteiger partial charge in [0.1, 0.15) is 0 Å². The largest absolute Gasteiger partial charge is 0.383 e. The number of halogens is 2. The van der Waals surface area contributed by atoms with Gasteiger partial charge in [0.15, 0.2) is 5.17 Å². The number of carbonyl (C=O) groups excluding carboxylic acids is 1. The van der Waals surface area contributed by atoms with E-state index in [1.54, 1.807) is 25.3 Å². The van der Waals surface area contributed by atoms with Crippen LogP contribution in [0.15, 0.2) is 34.2 Å². The maximum Gasteiger partial charge on any atom is 0.264 e. The van der Waals surface area contributed by atoms with Crippen LogP contribution in [-0.2, 0) is 16.1 Å². The van der Waals surface area contributed by atoms with E-state index in [-0.39, 0.29) is 5.91 Å². The molecule has 1 N–H and O–H groups in total. The minimum atomic E-state index is -0.182. The second-order valence-electron chi connectivity index (χ2n) is 6.03. The van der Waals surface area contributed by atoms with Crippen LogP contribution in [0.1, 0.15) is 17.0 Å². The zero-order chi connectivity index (χ0) is 19.6. The molecule has 5 nitrogen and oxygen atoms in total. The number of thioether (sulfide) groups is 1. The summed E-state index contributed by atoms with van der Waals surface area (Å²) in [6, 6.07) is 7.27. The first-order valence-corrected chi connectivity index (χ1v) is 9.87. The van der Waals surface area contributed by atoms with Crippen LogP contribution in [0.2, 0.25) is 10.0 Å². The standard InChI is InChI=1S/C19H19Cl2N3O2S/c1-11-9-13(12(2)24(11)7-8-26-3)10-16-18(25)23-19(27-16)22-15-6-4-5-14(20)17(15)21/h4-6,9-10H,7-8H2,1-3H3,(H,22,23,25)/b16-10+. The lowest BCUT2D eigenvalue weighted by atomic mass is 10.2. The average Bonchev–Trinajstić information content (AvgIpc) is 3.10. The molecule has 3 rings (SSSR count). The monoisotopic (exact) mass is 423 g/mol. The van der Waals surface area contributed by atoms with Crippen molar-refractivity contribution < 1.29 is 9.53 Å². The topological polar surface area (TPSA) is 55.6 Å². The molecule has 1 aromatic heterocycles. The van der Waals surface area contributed by atoms with Crippen molar-refractivity contribution in [1.29, 1.82) is 0 Å². The summed E-state index contributed by atoms with van der Waals surface area (Å²) in [6.07, 6.45) is 1.88. The number of aliphatic imine (C=N–C) groups is 1. The second kappa shape index (κ2) is 8.52. The Kier molecular flexibility index (Phi) is 6.32. The third-order valence-corrected chi connectivity index (χ3v) is 5.94. The fourth-order valence-electron chi connectivity index (χ4n) is 2.81. The highest BCUT2D eigenvalue weighted by atomic mass is 35.5.